The summed E-state index contributed by atoms with van der Waals surface area (Å²) in [6, 6.07) is 7.96. The number of unbranched alkanes of at least 4 members (excludes halogenated alkanes) is 1. The van der Waals surface area contributed by atoms with Crippen molar-refractivity contribution in [2.45, 2.75) is 26.2 Å². The average Bonchev–Trinajstić information content (AvgIpc) is 3.23. The number of rotatable bonds is 10. The van der Waals surface area contributed by atoms with E-state index in [9.17, 15) is 4.79 Å². The van der Waals surface area contributed by atoms with E-state index in [1.54, 1.807) is 7.11 Å². The first-order chi connectivity index (χ1) is 14.7. The Hall–Kier alpha value is -2.39. The second-order valence-corrected chi connectivity index (χ2v) is 8.12. The lowest BCUT2D eigenvalue weighted by atomic mass is 10.1. The van der Waals surface area contributed by atoms with Crippen molar-refractivity contribution in [2.75, 3.05) is 57.8 Å². The Bertz CT molecular complexity index is 791. The molecule has 0 saturated carbocycles. The Morgan fingerprint density at radius 2 is 2.00 bits per heavy atom. The summed E-state index contributed by atoms with van der Waals surface area (Å²) in [5, 5.41) is 6.80. The maximum atomic E-state index is 11.7. The molecule has 164 valence electrons. The molecule has 0 atom stereocenters. The first-order valence-corrected chi connectivity index (χ1v) is 11.4. The third kappa shape index (κ3) is 6.84. The molecule has 2 amide bonds. The Balaban J connectivity index is 1.38. The van der Waals surface area contributed by atoms with Crippen LogP contribution in [-0.2, 0) is 6.42 Å². The van der Waals surface area contributed by atoms with Crippen molar-refractivity contribution in [3.05, 3.63) is 35.7 Å². The standard InChI is InChI=1S/C21H32N6O2S/c1-3-4-8-22-20(28)23-9-10-26-11-13-27(14-12-26)21-24-19(25-30-21)16-17-6-5-7-18(15-17)29-2/h5-7,15H,3-4,8-14,16H2,1-2H3,(H2,22,23,28). The highest BCUT2D eigenvalue weighted by molar-refractivity contribution is 7.09. The molecule has 1 saturated heterocycles. The van der Waals surface area contributed by atoms with Gasteiger partial charge in [0.25, 0.3) is 0 Å². The highest BCUT2D eigenvalue weighted by Crippen LogP contribution is 2.21. The van der Waals surface area contributed by atoms with Crippen molar-refractivity contribution in [1.29, 1.82) is 0 Å². The summed E-state index contributed by atoms with van der Waals surface area (Å²) in [6.07, 6.45) is 2.81. The number of nitrogens with one attached hydrogen (secondary N) is 2. The van der Waals surface area contributed by atoms with Gasteiger partial charge in [0, 0.05) is 63.8 Å². The van der Waals surface area contributed by atoms with Crippen LogP contribution >= 0.6 is 11.5 Å². The quantitative estimate of drug-likeness (QED) is 0.561. The summed E-state index contributed by atoms with van der Waals surface area (Å²) in [7, 11) is 1.68. The lowest BCUT2D eigenvalue weighted by Crippen LogP contribution is -2.49. The Kier molecular flexibility index (Phi) is 8.70. The summed E-state index contributed by atoms with van der Waals surface area (Å²) in [6.45, 7) is 8.17. The predicted octanol–water partition coefficient (Wildman–Crippen LogP) is 2.36. The predicted molar refractivity (Wildman–Crippen MR) is 121 cm³/mol. The number of ether oxygens (including phenoxy) is 1. The van der Waals surface area contributed by atoms with E-state index >= 15 is 0 Å². The SMILES string of the molecule is CCCCNC(=O)NCCN1CCN(c2nc(Cc3cccc(OC)c3)ns2)CC1. The molecule has 1 fully saturated rings. The van der Waals surface area contributed by atoms with Gasteiger partial charge in [0.1, 0.15) is 11.6 Å². The average molecular weight is 433 g/mol. The third-order valence-corrected chi connectivity index (χ3v) is 5.94. The summed E-state index contributed by atoms with van der Waals surface area (Å²) < 4.78 is 9.83. The van der Waals surface area contributed by atoms with Gasteiger partial charge in [-0.25, -0.2) is 9.78 Å². The lowest BCUT2D eigenvalue weighted by molar-refractivity contribution is 0.232. The van der Waals surface area contributed by atoms with E-state index in [0.29, 0.717) is 13.0 Å². The second kappa shape index (κ2) is 11.7. The number of hydrogen-bond acceptors (Lipinski definition) is 7. The molecule has 2 aromatic rings. The van der Waals surface area contributed by atoms with Crippen LogP contribution in [0.5, 0.6) is 5.75 Å². The molecule has 9 heteroatoms. The highest BCUT2D eigenvalue weighted by Gasteiger charge is 2.20. The number of hydrogen-bond donors (Lipinski definition) is 2. The minimum absolute atomic E-state index is 0.0699. The molecule has 3 rings (SSSR count). The van der Waals surface area contributed by atoms with E-state index in [1.165, 1.54) is 11.5 Å². The van der Waals surface area contributed by atoms with Gasteiger partial charge in [-0.15, -0.1) is 0 Å². The van der Waals surface area contributed by atoms with Crippen LogP contribution in [0.25, 0.3) is 0 Å². The molecule has 1 aliphatic rings. The maximum absolute atomic E-state index is 11.7. The fraction of sp³-hybridized carbons (Fsp3) is 0.571. The molecule has 2 N–H and O–H groups in total. The first-order valence-electron chi connectivity index (χ1n) is 10.6. The van der Waals surface area contributed by atoms with Gasteiger partial charge in [0.2, 0.25) is 5.13 Å². The summed E-state index contributed by atoms with van der Waals surface area (Å²) in [4.78, 5) is 21.1. The molecule has 0 bridgehead atoms. The molecule has 0 radical (unpaired) electrons. The van der Waals surface area contributed by atoms with Gasteiger partial charge >= 0.3 is 6.03 Å². The molecule has 0 aliphatic carbocycles. The van der Waals surface area contributed by atoms with Crippen molar-refractivity contribution < 1.29 is 9.53 Å². The van der Waals surface area contributed by atoms with Crippen molar-refractivity contribution in [3.8, 4) is 5.75 Å². The monoisotopic (exact) mass is 432 g/mol. The van der Waals surface area contributed by atoms with Crippen LogP contribution in [0, 0.1) is 0 Å². The number of methoxy groups -OCH3 is 1. The van der Waals surface area contributed by atoms with E-state index < -0.39 is 0 Å². The minimum atomic E-state index is -0.0699. The number of carbonyl (C=O) groups excluding carboxylic acids is 1. The minimum Gasteiger partial charge on any atom is -0.497 e. The van der Waals surface area contributed by atoms with Crippen LogP contribution in [0.2, 0.25) is 0 Å². The number of carbonyl (C=O) groups is 1. The van der Waals surface area contributed by atoms with Gasteiger partial charge in [0.05, 0.1) is 7.11 Å². The van der Waals surface area contributed by atoms with Gasteiger partial charge in [-0.1, -0.05) is 25.5 Å². The topological polar surface area (TPSA) is 82.6 Å². The number of amides is 2. The fourth-order valence-corrected chi connectivity index (χ4v) is 4.08. The Labute approximate surface area is 182 Å². The number of aromatic nitrogens is 2. The van der Waals surface area contributed by atoms with Crippen molar-refractivity contribution in [3.63, 3.8) is 0 Å². The largest absolute Gasteiger partial charge is 0.497 e. The van der Waals surface area contributed by atoms with Gasteiger partial charge < -0.3 is 20.3 Å². The summed E-state index contributed by atoms with van der Waals surface area (Å²) in [5.41, 5.74) is 1.15. The van der Waals surface area contributed by atoms with E-state index in [2.05, 4.69) is 37.8 Å². The van der Waals surface area contributed by atoms with E-state index in [-0.39, 0.29) is 6.03 Å². The smallest absolute Gasteiger partial charge is 0.314 e. The van der Waals surface area contributed by atoms with Crippen LogP contribution in [0.15, 0.2) is 24.3 Å². The zero-order valence-corrected chi connectivity index (χ0v) is 18.7. The number of nitrogens with zero attached hydrogens (tertiary/aromatic N) is 4. The van der Waals surface area contributed by atoms with Gasteiger partial charge in [-0.3, -0.25) is 4.90 Å². The maximum Gasteiger partial charge on any atom is 0.314 e. The van der Waals surface area contributed by atoms with E-state index in [4.69, 9.17) is 9.72 Å². The molecule has 1 aliphatic heterocycles. The van der Waals surface area contributed by atoms with Crippen molar-refractivity contribution in [2.24, 2.45) is 0 Å². The summed E-state index contributed by atoms with van der Waals surface area (Å²) in [5.74, 6) is 1.70. The summed E-state index contributed by atoms with van der Waals surface area (Å²) >= 11 is 1.47. The molecular formula is C21H32N6O2S. The Morgan fingerprint density at radius 3 is 2.77 bits per heavy atom. The van der Waals surface area contributed by atoms with Crippen LogP contribution < -0.4 is 20.3 Å². The molecule has 2 heterocycles. The van der Waals surface area contributed by atoms with Gasteiger partial charge in [-0.05, 0) is 24.1 Å². The normalized spacial score (nSPS) is 14.5. The van der Waals surface area contributed by atoms with Gasteiger partial charge in [0.15, 0.2) is 0 Å². The second-order valence-electron chi connectivity index (χ2n) is 7.39. The molecule has 0 spiro atoms. The van der Waals surface area contributed by atoms with Crippen molar-refractivity contribution >= 4 is 22.7 Å². The molecule has 0 unspecified atom stereocenters. The molecule has 1 aromatic heterocycles. The molecule has 1 aromatic carbocycles. The first kappa shape index (κ1) is 22.3. The van der Waals surface area contributed by atoms with E-state index in [0.717, 1.165) is 74.4 Å². The lowest BCUT2D eigenvalue weighted by Gasteiger charge is -2.34. The fourth-order valence-electron chi connectivity index (χ4n) is 3.34. The number of benzene rings is 1. The highest BCUT2D eigenvalue weighted by atomic mass is 32.1. The zero-order chi connectivity index (χ0) is 21.2. The third-order valence-electron chi connectivity index (χ3n) is 5.13. The zero-order valence-electron chi connectivity index (χ0n) is 17.9. The molecule has 8 nitrogen and oxygen atoms in total. The van der Waals surface area contributed by atoms with Crippen LogP contribution in [0.1, 0.15) is 31.2 Å². The van der Waals surface area contributed by atoms with E-state index in [1.807, 2.05) is 18.2 Å². The number of anilines is 1. The van der Waals surface area contributed by atoms with Crippen LogP contribution in [0.4, 0.5) is 9.93 Å². The van der Waals surface area contributed by atoms with Crippen LogP contribution in [0.3, 0.4) is 0 Å². The molecule has 30 heavy (non-hydrogen) atoms. The number of piperazine rings is 1. The number of urea groups is 1. The van der Waals surface area contributed by atoms with Crippen LogP contribution in [-0.4, -0.2) is 73.2 Å². The van der Waals surface area contributed by atoms with Crippen molar-refractivity contribution in [1.82, 2.24) is 24.9 Å². The van der Waals surface area contributed by atoms with Gasteiger partial charge in [-0.2, -0.15) is 4.37 Å². The Morgan fingerprint density at radius 1 is 1.20 bits per heavy atom. The molecular weight excluding hydrogens is 400 g/mol.